The Hall–Kier alpha value is -5.21. The quantitative estimate of drug-likeness (QED) is 0.0496. The molecule has 7 N–H and O–H groups in total. The number of carbonyl (C=O) groups excluding carboxylic acids is 2. The molecule has 0 radical (unpaired) electrons. The topological polar surface area (TPSA) is 260 Å². The molecule has 2 saturated heterocycles. The number of oxime groups is 1. The second-order valence-electron chi connectivity index (χ2n) is 13.3. The van der Waals surface area contributed by atoms with Crippen LogP contribution in [-0.4, -0.2) is 116 Å². The maximum absolute atomic E-state index is 13.7. The Balaban J connectivity index is 1.26. The van der Waals surface area contributed by atoms with Crippen molar-refractivity contribution in [2.24, 2.45) is 5.16 Å². The van der Waals surface area contributed by atoms with Crippen LogP contribution in [0.1, 0.15) is 45.0 Å². The van der Waals surface area contributed by atoms with Gasteiger partial charge in [0, 0.05) is 42.2 Å². The summed E-state index contributed by atoms with van der Waals surface area (Å²) >= 11 is 2.28. The SMILES string of the molecule is CCn1nc(C[N+]2(CC3=C(C(=O)O)N4C(=O)[C@@H](NC(=O)/C(=N\OC(C)(C)C(=O)O)c5csc(N)n5)C4SC3)CCCC2)c(=O)c2cc(O)c(O)cc21. The van der Waals surface area contributed by atoms with Gasteiger partial charge in [-0.15, -0.1) is 23.1 Å². The first kappa shape index (κ1) is 36.6. The molecule has 1 unspecified atom stereocenters. The number of quaternary nitrogens is 1. The summed E-state index contributed by atoms with van der Waals surface area (Å²) in [5.74, 6) is -4.80. The molecule has 5 heterocycles. The lowest BCUT2D eigenvalue weighted by Crippen LogP contribution is -2.71. The lowest BCUT2D eigenvalue weighted by Gasteiger charge is -2.50. The van der Waals surface area contributed by atoms with Crippen LogP contribution in [0.5, 0.6) is 11.5 Å². The zero-order valence-electron chi connectivity index (χ0n) is 28.4. The van der Waals surface area contributed by atoms with Gasteiger partial charge in [-0.1, -0.05) is 5.16 Å². The third-order valence-corrected chi connectivity index (χ3v) is 11.4. The minimum absolute atomic E-state index is 0.00398. The number of thiazole rings is 1. The highest BCUT2D eigenvalue weighted by molar-refractivity contribution is 8.00. The van der Waals surface area contributed by atoms with E-state index in [4.69, 9.17) is 10.6 Å². The number of likely N-dealkylation sites (tertiary alicyclic amines) is 1. The van der Waals surface area contributed by atoms with Crippen LogP contribution in [0.15, 0.2) is 38.7 Å². The molecule has 52 heavy (non-hydrogen) atoms. The van der Waals surface area contributed by atoms with Gasteiger partial charge < -0.3 is 40.8 Å². The Kier molecular flexibility index (Phi) is 9.66. The highest BCUT2D eigenvalue weighted by Crippen LogP contribution is 2.42. The van der Waals surface area contributed by atoms with E-state index >= 15 is 0 Å². The number of rotatable bonds is 12. The summed E-state index contributed by atoms with van der Waals surface area (Å²) in [6.07, 6.45) is 1.66. The van der Waals surface area contributed by atoms with Crippen molar-refractivity contribution >= 4 is 68.6 Å². The number of amides is 2. The molecule has 0 aliphatic carbocycles. The summed E-state index contributed by atoms with van der Waals surface area (Å²) in [7, 11) is 0. The number of anilines is 1. The van der Waals surface area contributed by atoms with E-state index in [0.717, 1.165) is 29.1 Å². The molecular formula is C32H37N8O10S2+. The number of aryl methyl sites for hydroxylation is 1. The Bertz CT molecular complexity index is 2120. The Labute approximate surface area is 303 Å². The molecule has 3 aromatic rings. The van der Waals surface area contributed by atoms with Gasteiger partial charge in [0.25, 0.3) is 11.8 Å². The maximum atomic E-state index is 13.7. The molecule has 0 saturated carbocycles. The summed E-state index contributed by atoms with van der Waals surface area (Å²) in [5, 5.41) is 51.9. The largest absolute Gasteiger partial charge is 0.504 e. The number of hydrogen-bond acceptors (Lipinski definition) is 14. The number of β-lactam (4-membered cyclic amide) rings is 1. The molecule has 3 aliphatic rings. The number of aromatic nitrogens is 3. The third-order valence-electron chi connectivity index (χ3n) is 9.34. The van der Waals surface area contributed by atoms with Crippen LogP contribution < -0.4 is 16.5 Å². The van der Waals surface area contributed by atoms with Crippen molar-refractivity contribution in [2.45, 2.75) is 63.7 Å². The molecular weight excluding hydrogens is 721 g/mol. The van der Waals surface area contributed by atoms with Crippen molar-refractivity contribution in [1.82, 2.24) is 25.0 Å². The second-order valence-corrected chi connectivity index (χ2v) is 15.3. The lowest BCUT2D eigenvalue weighted by atomic mass is 10.0. The summed E-state index contributed by atoms with van der Waals surface area (Å²) in [6.45, 7) is 6.36. The summed E-state index contributed by atoms with van der Waals surface area (Å²) in [5.41, 5.74) is 4.03. The number of thioether (sulfide) groups is 1. The molecule has 2 fully saturated rings. The molecule has 0 bridgehead atoms. The number of phenolic OH excluding ortho intramolecular Hbond substituents is 2. The van der Waals surface area contributed by atoms with E-state index in [9.17, 15) is 44.4 Å². The molecule has 0 spiro atoms. The van der Waals surface area contributed by atoms with Crippen LogP contribution in [0, 0.1) is 0 Å². The summed E-state index contributed by atoms with van der Waals surface area (Å²) in [6, 6.07) is 1.38. The Morgan fingerprint density at radius 3 is 2.44 bits per heavy atom. The molecule has 2 aromatic heterocycles. The van der Waals surface area contributed by atoms with Gasteiger partial charge in [-0.25, -0.2) is 14.6 Å². The predicted octanol–water partition coefficient (Wildman–Crippen LogP) is 1.000. The Morgan fingerprint density at radius 1 is 1.13 bits per heavy atom. The second kappa shape index (κ2) is 13.7. The molecule has 20 heteroatoms. The van der Waals surface area contributed by atoms with Crippen LogP contribution in [0.25, 0.3) is 10.9 Å². The molecule has 6 rings (SSSR count). The number of carboxylic acid groups (broad SMARTS) is 2. The number of aliphatic carboxylic acids is 2. The van der Waals surface area contributed by atoms with Crippen molar-refractivity contribution in [2.75, 3.05) is 31.1 Å². The van der Waals surface area contributed by atoms with Gasteiger partial charge in [0.05, 0.1) is 24.0 Å². The van der Waals surface area contributed by atoms with Crippen LogP contribution in [-0.2, 0) is 37.1 Å². The maximum Gasteiger partial charge on any atom is 0.352 e. The van der Waals surface area contributed by atoms with Crippen LogP contribution in [0.4, 0.5) is 5.13 Å². The average molecular weight is 758 g/mol. The standard InChI is InChI=1S/C32H36N8O10S2/c1-4-38-19-10-21(42)20(41)9-16(19)25(43)17(36-38)12-40(7-5-6-8-40)11-15-13-51-28-23(27(45)39(28)24(15)29(46)47)35-26(44)22(18-14-52-31(33)34-18)37-50-32(2,3)30(48)49/h9-10,14,23,28H,4-8,11-13H2,1-3H3,(H6-,33,34,35,36,37,41,42,43,44,46,47,48,49)/p+1/t23-,28?/m1/s1. The van der Waals surface area contributed by atoms with Crippen molar-refractivity contribution in [3.8, 4) is 11.5 Å². The Morgan fingerprint density at radius 2 is 1.83 bits per heavy atom. The molecule has 3 aliphatic heterocycles. The molecule has 2 amide bonds. The van der Waals surface area contributed by atoms with E-state index < -0.39 is 57.7 Å². The first-order chi connectivity index (χ1) is 24.6. The highest BCUT2D eigenvalue weighted by Gasteiger charge is 2.55. The van der Waals surface area contributed by atoms with E-state index in [1.807, 2.05) is 6.92 Å². The van der Waals surface area contributed by atoms with E-state index in [0.29, 0.717) is 35.2 Å². The number of nitrogens with one attached hydrogen (secondary N) is 1. The van der Waals surface area contributed by atoms with Gasteiger partial charge in [-0.2, -0.15) is 5.10 Å². The van der Waals surface area contributed by atoms with Crippen LogP contribution >= 0.6 is 23.1 Å². The number of benzene rings is 1. The van der Waals surface area contributed by atoms with Gasteiger partial charge in [0.15, 0.2) is 28.0 Å². The monoisotopic (exact) mass is 757 g/mol. The number of aromatic hydroxyl groups is 2. The fraction of sp³-hybridized carbons (Fsp3) is 0.438. The number of fused-ring (bicyclic) bond motifs is 2. The first-order valence-electron chi connectivity index (χ1n) is 16.3. The fourth-order valence-corrected chi connectivity index (χ4v) is 8.50. The van der Waals surface area contributed by atoms with Crippen LogP contribution in [0.2, 0.25) is 0 Å². The van der Waals surface area contributed by atoms with Crippen molar-refractivity contribution in [1.29, 1.82) is 0 Å². The van der Waals surface area contributed by atoms with Crippen molar-refractivity contribution in [3.63, 3.8) is 0 Å². The lowest BCUT2D eigenvalue weighted by molar-refractivity contribution is -0.925. The van der Waals surface area contributed by atoms with E-state index in [1.54, 1.807) is 4.68 Å². The number of nitrogen functional groups attached to an aromatic ring is 1. The smallest absolute Gasteiger partial charge is 0.352 e. The third kappa shape index (κ3) is 6.63. The van der Waals surface area contributed by atoms with Crippen molar-refractivity contribution < 1.29 is 48.9 Å². The van der Waals surface area contributed by atoms with Gasteiger partial charge >= 0.3 is 11.9 Å². The van der Waals surface area contributed by atoms with Gasteiger partial charge in [0.2, 0.25) is 11.0 Å². The average Bonchev–Trinajstić information content (AvgIpc) is 3.74. The number of nitrogens with zero attached hydrogens (tertiary/aromatic N) is 6. The number of carbonyl (C=O) groups is 4. The van der Waals surface area contributed by atoms with E-state index in [1.165, 1.54) is 43.1 Å². The normalized spacial score (nSPS) is 20.1. The summed E-state index contributed by atoms with van der Waals surface area (Å²) in [4.78, 5) is 75.4. The number of carboxylic acids is 2. The highest BCUT2D eigenvalue weighted by atomic mass is 32.2. The molecule has 2 atom stereocenters. The number of hydrogen-bond donors (Lipinski definition) is 6. The first-order valence-corrected chi connectivity index (χ1v) is 18.2. The zero-order valence-corrected chi connectivity index (χ0v) is 30.0. The van der Waals surface area contributed by atoms with Crippen molar-refractivity contribution in [3.05, 3.63) is 50.4 Å². The van der Waals surface area contributed by atoms with Gasteiger partial charge in [0.1, 0.15) is 35.9 Å². The minimum atomic E-state index is -1.80. The zero-order chi connectivity index (χ0) is 37.7. The van der Waals surface area contributed by atoms with E-state index in [2.05, 4.69) is 20.6 Å². The predicted molar refractivity (Wildman–Crippen MR) is 188 cm³/mol. The van der Waals surface area contributed by atoms with E-state index in [-0.39, 0.29) is 52.2 Å². The number of phenols is 2. The fourth-order valence-electron chi connectivity index (χ4n) is 6.62. The molecule has 18 nitrogen and oxygen atoms in total. The number of nitrogens with two attached hydrogens (primary N) is 1. The van der Waals surface area contributed by atoms with Crippen LogP contribution in [0.3, 0.4) is 0 Å². The van der Waals surface area contributed by atoms with Gasteiger partial charge in [-0.3, -0.25) is 24.0 Å². The minimum Gasteiger partial charge on any atom is -0.504 e. The molecule has 276 valence electrons. The summed E-state index contributed by atoms with van der Waals surface area (Å²) < 4.78 is 1.90. The van der Waals surface area contributed by atoms with Gasteiger partial charge in [-0.05, 0) is 26.8 Å². The molecule has 1 aromatic carbocycles.